The molecule has 0 aliphatic heterocycles. The fourth-order valence-electron chi connectivity index (χ4n) is 1.49. The predicted octanol–water partition coefficient (Wildman–Crippen LogP) is 2.55. The number of ether oxygens (including phenoxy) is 3. The van der Waals surface area contributed by atoms with Gasteiger partial charge in [-0.15, -0.1) is 6.42 Å². The maximum Gasteiger partial charge on any atom is 0.348 e. The van der Waals surface area contributed by atoms with Gasteiger partial charge in [0.15, 0.2) is 11.5 Å². The van der Waals surface area contributed by atoms with Crippen molar-refractivity contribution in [1.29, 1.82) is 5.26 Å². The number of carbonyl (C=O) groups excluding carboxylic acids is 1. The van der Waals surface area contributed by atoms with E-state index in [4.69, 9.17) is 21.2 Å². The highest BCUT2D eigenvalue weighted by Crippen LogP contribution is 2.37. The molecule has 0 saturated heterocycles. The number of esters is 1. The largest absolute Gasteiger partial charge is 0.493 e. The average Bonchev–Trinajstić information content (AvgIpc) is 2.50. The van der Waals surface area contributed by atoms with Gasteiger partial charge in [-0.05, 0) is 39.7 Å². The summed E-state index contributed by atoms with van der Waals surface area (Å²) < 4.78 is 15.7. The summed E-state index contributed by atoms with van der Waals surface area (Å²) in [6.07, 6.45) is 6.55. The van der Waals surface area contributed by atoms with Crippen LogP contribution in [0.3, 0.4) is 0 Å². The Morgan fingerprint density at radius 2 is 2.19 bits per heavy atom. The second kappa shape index (κ2) is 7.98. The topological polar surface area (TPSA) is 68.5 Å². The van der Waals surface area contributed by atoms with Gasteiger partial charge in [0, 0.05) is 0 Å². The van der Waals surface area contributed by atoms with Gasteiger partial charge in [-0.1, -0.05) is 5.92 Å². The van der Waals surface area contributed by atoms with Crippen molar-refractivity contribution in [1.82, 2.24) is 0 Å². The first-order valence-corrected chi connectivity index (χ1v) is 6.50. The van der Waals surface area contributed by atoms with Crippen LogP contribution in [0, 0.1) is 23.7 Å². The standard InChI is InChI=1S/C15H12BrNO4/c1-4-5-21-14-12(16)7-10(8-13(14)19-2)6-11(9-17)15(18)20-3/h1,6-8H,5H2,2-3H3/b11-6+. The van der Waals surface area contributed by atoms with Gasteiger partial charge in [0.25, 0.3) is 0 Å². The van der Waals surface area contributed by atoms with Gasteiger partial charge in [-0.2, -0.15) is 5.26 Å². The molecule has 0 fully saturated rings. The molecule has 0 aromatic heterocycles. The maximum absolute atomic E-state index is 11.4. The average molecular weight is 350 g/mol. The summed E-state index contributed by atoms with van der Waals surface area (Å²) in [6.45, 7) is 0.0930. The molecule has 0 unspecified atom stereocenters. The van der Waals surface area contributed by atoms with E-state index in [0.29, 0.717) is 21.5 Å². The summed E-state index contributed by atoms with van der Waals surface area (Å²) in [5.41, 5.74) is 0.456. The molecule has 1 rings (SSSR count). The molecule has 0 spiro atoms. The van der Waals surface area contributed by atoms with Gasteiger partial charge >= 0.3 is 5.97 Å². The first-order valence-electron chi connectivity index (χ1n) is 5.71. The Labute approximate surface area is 131 Å². The normalized spacial score (nSPS) is 10.2. The quantitative estimate of drug-likeness (QED) is 0.353. The highest BCUT2D eigenvalue weighted by molar-refractivity contribution is 9.10. The van der Waals surface area contributed by atoms with Gasteiger partial charge in [-0.3, -0.25) is 0 Å². The van der Waals surface area contributed by atoms with E-state index in [-0.39, 0.29) is 12.2 Å². The maximum atomic E-state index is 11.4. The molecule has 0 bridgehead atoms. The lowest BCUT2D eigenvalue weighted by Gasteiger charge is -2.12. The lowest BCUT2D eigenvalue weighted by Crippen LogP contribution is -2.03. The van der Waals surface area contributed by atoms with Crippen LogP contribution < -0.4 is 9.47 Å². The fraction of sp³-hybridized carbons (Fsp3) is 0.200. The molecule has 0 saturated carbocycles. The number of rotatable bonds is 5. The van der Waals surface area contributed by atoms with Crippen LogP contribution in [-0.4, -0.2) is 26.8 Å². The number of hydrogen-bond acceptors (Lipinski definition) is 5. The Balaban J connectivity index is 3.26. The minimum Gasteiger partial charge on any atom is -0.493 e. The molecule has 0 atom stereocenters. The molecular formula is C15H12BrNO4. The van der Waals surface area contributed by atoms with Gasteiger partial charge in [0.2, 0.25) is 0 Å². The molecule has 0 radical (unpaired) electrons. The van der Waals surface area contributed by atoms with Gasteiger partial charge < -0.3 is 14.2 Å². The molecule has 0 aliphatic rings. The number of halogens is 1. The molecule has 0 amide bonds. The summed E-state index contributed by atoms with van der Waals surface area (Å²) in [5, 5.41) is 8.95. The lowest BCUT2D eigenvalue weighted by atomic mass is 10.1. The highest BCUT2D eigenvalue weighted by Gasteiger charge is 2.13. The molecule has 6 heteroatoms. The van der Waals surface area contributed by atoms with Crippen LogP contribution in [0.2, 0.25) is 0 Å². The van der Waals surface area contributed by atoms with Gasteiger partial charge in [0.1, 0.15) is 18.2 Å². The third-order valence-electron chi connectivity index (χ3n) is 2.39. The van der Waals surface area contributed by atoms with Crippen molar-refractivity contribution in [3.63, 3.8) is 0 Å². The van der Waals surface area contributed by atoms with Crippen LogP contribution in [0.1, 0.15) is 5.56 Å². The van der Waals surface area contributed by atoms with E-state index in [9.17, 15) is 4.79 Å². The summed E-state index contributed by atoms with van der Waals surface area (Å²) in [7, 11) is 2.68. The highest BCUT2D eigenvalue weighted by atomic mass is 79.9. The number of nitriles is 1. The van der Waals surface area contributed by atoms with Crippen LogP contribution in [0.5, 0.6) is 11.5 Å². The number of methoxy groups -OCH3 is 2. The number of benzene rings is 1. The molecule has 0 aliphatic carbocycles. The number of carbonyl (C=O) groups is 1. The molecular weight excluding hydrogens is 338 g/mol. The Hall–Kier alpha value is -2.44. The minimum atomic E-state index is -0.708. The van der Waals surface area contributed by atoms with E-state index < -0.39 is 5.97 Å². The van der Waals surface area contributed by atoms with Crippen LogP contribution in [0.15, 0.2) is 22.2 Å². The van der Waals surface area contributed by atoms with Crippen molar-refractivity contribution in [3.8, 4) is 29.9 Å². The van der Waals surface area contributed by atoms with Gasteiger partial charge in [-0.25, -0.2) is 4.79 Å². The van der Waals surface area contributed by atoms with Crippen molar-refractivity contribution in [3.05, 3.63) is 27.7 Å². The summed E-state index contributed by atoms with van der Waals surface area (Å²) in [5.74, 6) is 2.52. The van der Waals surface area contributed by atoms with Crippen molar-refractivity contribution in [2.24, 2.45) is 0 Å². The monoisotopic (exact) mass is 349 g/mol. The SMILES string of the molecule is C#CCOc1c(Br)cc(/C=C(\C#N)C(=O)OC)cc1OC. The van der Waals surface area contributed by atoms with E-state index in [1.807, 2.05) is 0 Å². The van der Waals surface area contributed by atoms with Crippen LogP contribution in [0.25, 0.3) is 6.08 Å². The van der Waals surface area contributed by atoms with E-state index in [1.165, 1.54) is 20.3 Å². The summed E-state index contributed by atoms with van der Waals surface area (Å²) in [4.78, 5) is 11.4. The Bertz CT molecular complexity index is 653. The number of terminal acetylenes is 1. The predicted molar refractivity (Wildman–Crippen MR) is 80.6 cm³/mol. The molecule has 21 heavy (non-hydrogen) atoms. The van der Waals surface area contributed by atoms with Gasteiger partial charge in [0.05, 0.1) is 18.7 Å². The Morgan fingerprint density at radius 1 is 1.48 bits per heavy atom. The molecule has 0 heterocycles. The zero-order valence-corrected chi connectivity index (χ0v) is 13.1. The van der Waals surface area contributed by atoms with Crippen molar-refractivity contribution in [2.75, 3.05) is 20.8 Å². The lowest BCUT2D eigenvalue weighted by molar-refractivity contribution is -0.135. The van der Waals surface area contributed by atoms with Crippen LogP contribution in [0.4, 0.5) is 0 Å². The second-order valence-corrected chi connectivity index (χ2v) is 4.54. The molecule has 1 aromatic carbocycles. The van der Waals surface area contributed by atoms with E-state index in [0.717, 1.165) is 0 Å². The first-order chi connectivity index (χ1) is 10.1. The van der Waals surface area contributed by atoms with E-state index in [1.54, 1.807) is 18.2 Å². The summed E-state index contributed by atoms with van der Waals surface area (Å²) in [6, 6.07) is 5.08. The van der Waals surface area contributed by atoms with Crippen molar-refractivity contribution < 1.29 is 19.0 Å². The smallest absolute Gasteiger partial charge is 0.348 e. The molecule has 0 N–H and O–H groups in total. The zero-order valence-electron chi connectivity index (χ0n) is 11.5. The Morgan fingerprint density at radius 3 is 2.71 bits per heavy atom. The van der Waals surface area contributed by atoms with Crippen LogP contribution in [-0.2, 0) is 9.53 Å². The van der Waals surface area contributed by atoms with Crippen LogP contribution >= 0.6 is 15.9 Å². The third-order valence-corrected chi connectivity index (χ3v) is 2.98. The van der Waals surface area contributed by atoms with Crippen molar-refractivity contribution >= 4 is 28.0 Å². The van der Waals surface area contributed by atoms with Crippen molar-refractivity contribution in [2.45, 2.75) is 0 Å². The number of nitrogens with zero attached hydrogens (tertiary/aromatic N) is 1. The minimum absolute atomic E-state index is 0.0930. The third kappa shape index (κ3) is 4.27. The molecule has 1 aromatic rings. The summed E-state index contributed by atoms with van der Waals surface area (Å²) >= 11 is 3.33. The molecule has 108 valence electrons. The number of hydrogen-bond donors (Lipinski definition) is 0. The fourth-order valence-corrected chi connectivity index (χ4v) is 2.06. The zero-order chi connectivity index (χ0) is 15.8. The second-order valence-electron chi connectivity index (χ2n) is 3.69. The Kier molecular flexibility index (Phi) is 6.32. The first kappa shape index (κ1) is 16.6. The van der Waals surface area contributed by atoms with E-state index in [2.05, 4.69) is 26.6 Å². The molecule has 5 nitrogen and oxygen atoms in total. The van der Waals surface area contributed by atoms with E-state index >= 15 is 0 Å².